The van der Waals surface area contributed by atoms with Crippen molar-refractivity contribution in [3.8, 4) is 6.07 Å². The first kappa shape index (κ1) is 14.0. The molecule has 2 aromatic rings. The van der Waals surface area contributed by atoms with Gasteiger partial charge < -0.3 is 10.0 Å². The van der Waals surface area contributed by atoms with E-state index in [4.69, 9.17) is 22.6 Å². The third-order valence-electron chi connectivity index (χ3n) is 2.99. The Labute approximate surface area is 121 Å². The Morgan fingerprint density at radius 3 is 2.55 bits per heavy atom. The third-order valence-corrected chi connectivity index (χ3v) is 3.53. The number of carboxylic acid groups (broad SMARTS) is 1. The highest BCUT2D eigenvalue weighted by atomic mass is 32.1. The van der Waals surface area contributed by atoms with Crippen LogP contribution in [0.1, 0.15) is 11.1 Å². The molecule has 2 rings (SSSR count). The number of hydrogen-bond donors (Lipinski definition) is 1. The van der Waals surface area contributed by atoms with Gasteiger partial charge in [0.25, 0.3) is 0 Å². The molecule has 0 saturated heterocycles. The first-order valence-corrected chi connectivity index (χ1v) is 6.34. The van der Waals surface area contributed by atoms with E-state index in [9.17, 15) is 4.79 Å². The standard InChI is InChI=1S/C15H12N2O2S/c1-17(9-14(18)19)15(20)13-7-6-10(8-16)11-4-2-3-5-12(11)13/h2-7H,9H2,1H3,(H,18,19). The van der Waals surface area contributed by atoms with Gasteiger partial charge in [-0.3, -0.25) is 4.79 Å². The minimum atomic E-state index is -0.937. The number of fused-ring (bicyclic) bond motifs is 1. The summed E-state index contributed by atoms with van der Waals surface area (Å²) in [6, 6.07) is 13.1. The summed E-state index contributed by atoms with van der Waals surface area (Å²) in [6.45, 7) is -0.160. The van der Waals surface area contributed by atoms with E-state index >= 15 is 0 Å². The molecular formula is C15H12N2O2S. The summed E-state index contributed by atoms with van der Waals surface area (Å²) >= 11 is 5.35. The number of nitrogens with zero attached hydrogens (tertiary/aromatic N) is 2. The van der Waals surface area contributed by atoms with E-state index in [0.717, 1.165) is 16.3 Å². The molecule has 100 valence electrons. The number of likely N-dealkylation sites (N-methyl/N-ethyl adjacent to an activating group) is 1. The van der Waals surface area contributed by atoms with Crippen molar-refractivity contribution in [3.63, 3.8) is 0 Å². The smallest absolute Gasteiger partial charge is 0.323 e. The second-order valence-electron chi connectivity index (χ2n) is 4.37. The Bertz CT molecular complexity index is 734. The van der Waals surface area contributed by atoms with Crippen molar-refractivity contribution in [2.45, 2.75) is 0 Å². The zero-order valence-corrected chi connectivity index (χ0v) is 11.6. The highest BCUT2D eigenvalue weighted by molar-refractivity contribution is 7.80. The van der Waals surface area contributed by atoms with Gasteiger partial charge in [-0.05, 0) is 11.5 Å². The monoisotopic (exact) mass is 284 g/mol. The lowest BCUT2D eigenvalue weighted by Gasteiger charge is -2.19. The van der Waals surface area contributed by atoms with Crippen LogP contribution < -0.4 is 0 Å². The van der Waals surface area contributed by atoms with Gasteiger partial charge in [0.2, 0.25) is 0 Å². The Kier molecular flexibility index (Phi) is 3.97. The molecule has 0 bridgehead atoms. The minimum absolute atomic E-state index is 0.160. The first-order valence-electron chi connectivity index (χ1n) is 5.93. The number of nitriles is 1. The molecule has 0 saturated carbocycles. The van der Waals surface area contributed by atoms with E-state index in [-0.39, 0.29) is 6.54 Å². The van der Waals surface area contributed by atoms with Crippen molar-refractivity contribution in [1.82, 2.24) is 4.90 Å². The van der Waals surface area contributed by atoms with Crippen LogP contribution in [0.5, 0.6) is 0 Å². The van der Waals surface area contributed by atoms with Crippen molar-refractivity contribution in [1.29, 1.82) is 5.26 Å². The quantitative estimate of drug-likeness (QED) is 0.877. The molecule has 1 N–H and O–H groups in total. The van der Waals surface area contributed by atoms with Crippen LogP contribution in [0.2, 0.25) is 0 Å². The van der Waals surface area contributed by atoms with Crippen LogP contribution in [0.15, 0.2) is 36.4 Å². The maximum Gasteiger partial charge on any atom is 0.323 e. The molecule has 0 radical (unpaired) electrons. The molecular weight excluding hydrogens is 272 g/mol. The van der Waals surface area contributed by atoms with Gasteiger partial charge in [0.15, 0.2) is 0 Å². The SMILES string of the molecule is CN(CC(=O)O)C(=S)c1ccc(C#N)c2ccccc12. The maximum absolute atomic E-state index is 10.8. The molecule has 0 amide bonds. The number of carbonyl (C=O) groups is 1. The maximum atomic E-state index is 10.8. The summed E-state index contributed by atoms with van der Waals surface area (Å²) < 4.78 is 0. The lowest BCUT2D eigenvalue weighted by molar-refractivity contribution is -0.137. The fourth-order valence-corrected chi connectivity index (χ4v) is 2.31. The van der Waals surface area contributed by atoms with Crippen LogP contribution in [-0.4, -0.2) is 34.6 Å². The largest absolute Gasteiger partial charge is 0.480 e. The van der Waals surface area contributed by atoms with Crippen LogP contribution >= 0.6 is 12.2 Å². The normalized spacial score (nSPS) is 10.0. The van der Waals surface area contributed by atoms with E-state index in [0.29, 0.717) is 10.6 Å². The zero-order chi connectivity index (χ0) is 14.7. The molecule has 0 fully saturated rings. The Balaban J connectivity index is 2.54. The van der Waals surface area contributed by atoms with E-state index in [1.807, 2.05) is 24.3 Å². The number of carboxylic acids is 1. The van der Waals surface area contributed by atoms with Crippen molar-refractivity contribution in [2.24, 2.45) is 0 Å². The minimum Gasteiger partial charge on any atom is -0.480 e. The molecule has 0 aliphatic rings. The van der Waals surface area contributed by atoms with Crippen LogP contribution in [0.25, 0.3) is 10.8 Å². The van der Waals surface area contributed by atoms with Crippen molar-refractivity contribution >= 4 is 33.9 Å². The van der Waals surface area contributed by atoms with Crippen LogP contribution in [0.3, 0.4) is 0 Å². The number of rotatable bonds is 3. The van der Waals surface area contributed by atoms with Gasteiger partial charge in [-0.2, -0.15) is 5.26 Å². The lowest BCUT2D eigenvalue weighted by Crippen LogP contribution is -2.31. The van der Waals surface area contributed by atoms with Gasteiger partial charge in [-0.1, -0.05) is 42.5 Å². The van der Waals surface area contributed by atoms with Crippen molar-refractivity contribution in [2.75, 3.05) is 13.6 Å². The number of hydrogen-bond acceptors (Lipinski definition) is 3. The molecule has 20 heavy (non-hydrogen) atoms. The number of benzene rings is 2. The highest BCUT2D eigenvalue weighted by Gasteiger charge is 2.14. The second kappa shape index (κ2) is 5.68. The Morgan fingerprint density at radius 1 is 1.30 bits per heavy atom. The van der Waals surface area contributed by atoms with Gasteiger partial charge in [-0.15, -0.1) is 0 Å². The highest BCUT2D eigenvalue weighted by Crippen LogP contribution is 2.23. The average Bonchev–Trinajstić information content (AvgIpc) is 2.44. The van der Waals surface area contributed by atoms with E-state index in [2.05, 4.69) is 6.07 Å². The third kappa shape index (κ3) is 2.60. The average molecular weight is 284 g/mol. The molecule has 0 heterocycles. The summed E-state index contributed by atoms with van der Waals surface area (Å²) in [4.78, 5) is 12.7. The summed E-state index contributed by atoms with van der Waals surface area (Å²) in [5.74, 6) is -0.937. The Morgan fingerprint density at radius 2 is 1.95 bits per heavy atom. The molecule has 5 heteroatoms. The number of thiocarbonyl (C=S) groups is 1. The van der Waals surface area contributed by atoms with Crippen molar-refractivity contribution < 1.29 is 9.90 Å². The van der Waals surface area contributed by atoms with Crippen LogP contribution in [0, 0.1) is 11.3 Å². The summed E-state index contributed by atoms with van der Waals surface area (Å²) in [5.41, 5.74) is 1.34. The van der Waals surface area contributed by atoms with E-state index in [1.54, 1.807) is 19.2 Å². The van der Waals surface area contributed by atoms with Gasteiger partial charge in [0.05, 0.1) is 11.6 Å². The predicted molar refractivity (Wildman–Crippen MR) is 80.6 cm³/mol. The van der Waals surface area contributed by atoms with Crippen LogP contribution in [0.4, 0.5) is 0 Å². The van der Waals surface area contributed by atoms with E-state index < -0.39 is 5.97 Å². The predicted octanol–water partition coefficient (Wildman–Crippen LogP) is 2.40. The zero-order valence-electron chi connectivity index (χ0n) is 10.8. The Hall–Kier alpha value is -2.45. The fraction of sp³-hybridized carbons (Fsp3) is 0.133. The lowest BCUT2D eigenvalue weighted by atomic mass is 10.00. The van der Waals surface area contributed by atoms with Crippen molar-refractivity contribution in [3.05, 3.63) is 47.5 Å². The topological polar surface area (TPSA) is 64.3 Å². The van der Waals surface area contributed by atoms with Gasteiger partial charge in [-0.25, -0.2) is 0 Å². The molecule has 0 atom stereocenters. The molecule has 0 aromatic heterocycles. The van der Waals surface area contributed by atoms with E-state index in [1.165, 1.54) is 4.90 Å². The summed E-state index contributed by atoms with van der Waals surface area (Å²) in [7, 11) is 1.64. The molecule has 0 unspecified atom stereocenters. The fourth-order valence-electron chi connectivity index (χ4n) is 2.06. The molecule has 0 aliphatic carbocycles. The van der Waals surface area contributed by atoms with Gasteiger partial charge >= 0.3 is 5.97 Å². The molecule has 2 aromatic carbocycles. The van der Waals surface area contributed by atoms with Gasteiger partial charge in [0.1, 0.15) is 11.5 Å². The molecule has 0 spiro atoms. The molecule has 0 aliphatic heterocycles. The first-order chi connectivity index (χ1) is 9.54. The van der Waals surface area contributed by atoms with Gasteiger partial charge in [0, 0.05) is 18.0 Å². The molecule has 4 nitrogen and oxygen atoms in total. The number of aliphatic carboxylic acids is 1. The second-order valence-corrected chi connectivity index (χ2v) is 4.76. The summed E-state index contributed by atoms with van der Waals surface area (Å²) in [5, 5.41) is 19.6. The van der Waals surface area contributed by atoms with Crippen LogP contribution in [-0.2, 0) is 4.79 Å². The summed E-state index contributed by atoms with van der Waals surface area (Å²) in [6.07, 6.45) is 0.